The van der Waals surface area contributed by atoms with Crippen LogP contribution in [0, 0.1) is 0 Å². The maximum Gasteiger partial charge on any atom is 0.348 e. The van der Waals surface area contributed by atoms with Crippen molar-refractivity contribution in [2.24, 2.45) is 0 Å². The zero-order valence-corrected chi connectivity index (χ0v) is 14.0. The van der Waals surface area contributed by atoms with Gasteiger partial charge >= 0.3 is 5.63 Å². The molecule has 118 valence electrons. The van der Waals surface area contributed by atoms with E-state index < -0.39 is 0 Å². The number of benzene rings is 2. The van der Waals surface area contributed by atoms with Crippen molar-refractivity contribution in [1.29, 1.82) is 0 Å². The number of nitrogens with zero attached hydrogens (tertiary/aromatic N) is 1. The van der Waals surface area contributed by atoms with E-state index in [0.29, 0.717) is 15.4 Å². The molecule has 0 unspecified atom stereocenters. The molecule has 2 aromatic carbocycles. The Morgan fingerprint density at radius 3 is 2.50 bits per heavy atom. The molecule has 4 rings (SSSR count). The second kappa shape index (κ2) is 6.51. The molecule has 0 aliphatic rings. The third kappa shape index (κ3) is 3.20. The highest BCUT2D eigenvalue weighted by molar-refractivity contribution is 7.99. The van der Waals surface area contributed by atoms with Gasteiger partial charge in [0.2, 0.25) is 0 Å². The number of fused-ring (bicyclic) bond motifs is 1. The number of para-hydroxylation sites is 1. The molecule has 0 aliphatic carbocycles. The van der Waals surface area contributed by atoms with Gasteiger partial charge < -0.3 is 9.15 Å². The molecule has 6 heteroatoms. The van der Waals surface area contributed by atoms with E-state index in [-0.39, 0.29) is 5.63 Å². The number of aromatic nitrogens is 1. The molecule has 0 aliphatic heterocycles. The van der Waals surface area contributed by atoms with E-state index in [4.69, 9.17) is 9.15 Å². The average molecular weight is 353 g/mol. The van der Waals surface area contributed by atoms with E-state index in [1.54, 1.807) is 6.07 Å². The fourth-order valence-corrected chi connectivity index (χ4v) is 3.66. The van der Waals surface area contributed by atoms with Crippen LogP contribution in [0.15, 0.2) is 85.4 Å². The Balaban J connectivity index is 1.53. The van der Waals surface area contributed by atoms with Gasteiger partial charge in [0.25, 0.3) is 5.22 Å². The van der Waals surface area contributed by atoms with Crippen LogP contribution >= 0.6 is 23.1 Å². The minimum absolute atomic E-state index is 0.340. The third-order valence-electron chi connectivity index (χ3n) is 3.25. The minimum atomic E-state index is -0.354. The van der Waals surface area contributed by atoms with E-state index >= 15 is 0 Å². The normalized spacial score (nSPS) is 10.8. The van der Waals surface area contributed by atoms with Crippen LogP contribution in [0.4, 0.5) is 0 Å². The van der Waals surface area contributed by atoms with Crippen molar-refractivity contribution in [2.75, 3.05) is 0 Å². The molecule has 2 aromatic heterocycles. The molecular weight excluding hydrogens is 342 g/mol. The van der Waals surface area contributed by atoms with Crippen LogP contribution in [-0.4, -0.2) is 4.98 Å². The van der Waals surface area contributed by atoms with Gasteiger partial charge in [-0.25, -0.2) is 4.79 Å². The number of hydrogen-bond donors (Lipinski definition) is 0. The standard InChI is InChI=1S/C18H11NO3S2/c20-17-15-10-11-23-16(15)19-18(22-17)24-14-8-6-13(7-9-14)21-12-4-2-1-3-5-12/h1-11H. The maximum absolute atomic E-state index is 11.9. The average Bonchev–Trinajstić information content (AvgIpc) is 3.07. The molecule has 24 heavy (non-hydrogen) atoms. The molecule has 0 fully saturated rings. The predicted molar refractivity (Wildman–Crippen MR) is 95.2 cm³/mol. The van der Waals surface area contributed by atoms with E-state index in [1.165, 1.54) is 23.1 Å². The van der Waals surface area contributed by atoms with Gasteiger partial charge in [-0.2, -0.15) is 4.98 Å². The summed E-state index contributed by atoms with van der Waals surface area (Å²) < 4.78 is 11.0. The fourth-order valence-electron chi connectivity index (χ4n) is 2.13. The van der Waals surface area contributed by atoms with Crippen molar-refractivity contribution < 1.29 is 9.15 Å². The van der Waals surface area contributed by atoms with Gasteiger partial charge in [-0.1, -0.05) is 18.2 Å². The largest absolute Gasteiger partial charge is 0.457 e. The maximum atomic E-state index is 11.9. The summed E-state index contributed by atoms with van der Waals surface area (Å²) in [6, 6.07) is 18.9. The van der Waals surface area contributed by atoms with E-state index in [9.17, 15) is 4.79 Å². The van der Waals surface area contributed by atoms with Crippen LogP contribution in [-0.2, 0) is 0 Å². The first-order valence-electron chi connectivity index (χ1n) is 7.17. The summed E-state index contributed by atoms with van der Waals surface area (Å²) in [7, 11) is 0. The van der Waals surface area contributed by atoms with Crippen LogP contribution in [0.2, 0.25) is 0 Å². The second-order valence-corrected chi connectivity index (χ2v) is 6.81. The Labute approximate surface area is 145 Å². The minimum Gasteiger partial charge on any atom is -0.457 e. The van der Waals surface area contributed by atoms with E-state index in [1.807, 2.05) is 60.0 Å². The molecule has 0 amide bonds. The molecule has 0 radical (unpaired) electrons. The van der Waals surface area contributed by atoms with E-state index in [2.05, 4.69) is 4.98 Å². The van der Waals surface area contributed by atoms with E-state index in [0.717, 1.165) is 16.4 Å². The van der Waals surface area contributed by atoms with Gasteiger partial charge in [0.05, 0.1) is 5.39 Å². The van der Waals surface area contributed by atoms with Gasteiger partial charge in [-0.15, -0.1) is 11.3 Å². The van der Waals surface area contributed by atoms with Gasteiger partial charge in [-0.3, -0.25) is 0 Å². The van der Waals surface area contributed by atoms with Gasteiger partial charge in [0.1, 0.15) is 16.3 Å². The summed E-state index contributed by atoms with van der Waals surface area (Å²) in [5, 5.41) is 2.70. The van der Waals surface area contributed by atoms with Crippen molar-refractivity contribution in [3.8, 4) is 11.5 Å². The monoisotopic (exact) mass is 353 g/mol. The van der Waals surface area contributed by atoms with Gasteiger partial charge in [0, 0.05) is 4.90 Å². The Morgan fingerprint density at radius 1 is 0.958 bits per heavy atom. The Morgan fingerprint density at radius 2 is 1.71 bits per heavy atom. The van der Waals surface area contributed by atoms with Gasteiger partial charge in [-0.05, 0) is 59.6 Å². The van der Waals surface area contributed by atoms with Crippen LogP contribution < -0.4 is 10.4 Å². The molecule has 0 spiro atoms. The molecule has 0 atom stereocenters. The summed E-state index contributed by atoms with van der Waals surface area (Å²) in [5.41, 5.74) is -0.354. The summed E-state index contributed by atoms with van der Waals surface area (Å²) in [6.45, 7) is 0. The summed E-state index contributed by atoms with van der Waals surface area (Å²) in [5.74, 6) is 1.53. The zero-order valence-electron chi connectivity index (χ0n) is 12.3. The molecule has 0 N–H and O–H groups in total. The first kappa shape index (κ1) is 15.0. The highest BCUT2D eigenvalue weighted by atomic mass is 32.2. The lowest BCUT2D eigenvalue weighted by molar-refractivity contribution is 0.402. The van der Waals surface area contributed by atoms with Crippen LogP contribution in [0.5, 0.6) is 11.5 Å². The predicted octanol–water partition coefficient (Wildman–Crippen LogP) is 5.19. The Bertz CT molecular complexity index is 1020. The third-order valence-corrected chi connectivity index (χ3v) is 4.91. The first-order valence-corrected chi connectivity index (χ1v) is 8.87. The summed E-state index contributed by atoms with van der Waals surface area (Å²) >= 11 is 2.73. The summed E-state index contributed by atoms with van der Waals surface area (Å²) in [4.78, 5) is 17.9. The SMILES string of the molecule is O=c1oc(Sc2ccc(Oc3ccccc3)cc2)nc2sccc12. The van der Waals surface area contributed by atoms with Crippen molar-refractivity contribution in [1.82, 2.24) is 4.98 Å². The molecule has 0 saturated heterocycles. The van der Waals surface area contributed by atoms with Crippen molar-refractivity contribution >= 4 is 33.3 Å². The Kier molecular flexibility index (Phi) is 4.06. The number of ether oxygens (including phenoxy) is 1. The fraction of sp³-hybridized carbons (Fsp3) is 0. The quantitative estimate of drug-likeness (QED) is 0.505. The van der Waals surface area contributed by atoms with Crippen molar-refractivity contribution in [3.05, 3.63) is 76.5 Å². The highest BCUT2D eigenvalue weighted by Crippen LogP contribution is 2.30. The molecule has 2 heterocycles. The lowest BCUT2D eigenvalue weighted by Gasteiger charge is -2.06. The summed E-state index contributed by atoms with van der Waals surface area (Å²) in [6.07, 6.45) is 0. The number of hydrogen-bond acceptors (Lipinski definition) is 6. The molecule has 4 nitrogen and oxygen atoms in total. The van der Waals surface area contributed by atoms with Crippen molar-refractivity contribution in [2.45, 2.75) is 10.1 Å². The number of rotatable bonds is 4. The van der Waals surface area contributed by atoms with Crippen LogP contribution in [0.1, 0.15) is 0 Å². The molecule has 0 bridgehead atoms. The second-order valence-electron chi connectivity index (χ2n) is 4.90. The van der Waals surface area contributed by atoms with Crippen LogP contribution in [0.25, 0.3) is 10.2 Å². The lowest BCUT2D eigenvalue weighted by Crippen LogP contribution is -1.99. The molecule has 4 aromatic rings. The van der Waals surface area contributed by atoms with Crippen molar-refractivity contribution in [3.63, 3.8) is 0 Å². The molecule has 0 saturated carbocycles. The van der Waals surface area contributed by atoms with Gasteiger partial charge in [0.15, 0.2) is 0 Å². The van der Waals surface area contributed by atoms with Crippen LogP contribution in [0.3, 0.4) is 0 Å². The lowest BCUT2D eigenvalue weighted by atomic mass is 10.3. The highest BCUT2D eigenvalue weighted by Gasteiger charge is 2.09. The first-order chi connectivity index (χ1) is 11.8. The number of thiophene rings is 1. The smallest absolute Gasteiger partial charge is 0.348 e. The Hall–Kier alpha value is -2.57. The molecular formula is C18H11NO3S2. The zero-order chi connectivity index (χ0) is 16.4. The topological polar surface area (TPSA) is 52.3 Å².